The number of likely N-dealkylation sites (N-methyl/N-ethyl adjacent to an activating group) is 1. The second-order valence-electron chi connectivity index (χ2n) is 7.27. The highest BCUT2D eigenvalue weighted by Gasteiger charge is 2.37. The van der Waals surface area contributed by atoms with Crippen LogP contribution in [0.2, 0.25) is 0 Å². The average molecular weight is 286 g/mol. The zero-order valence-corrected chi connectivity index (χ0v) is 14.3. The highest BCUT2D eigenvalue weighted by molar-refractivity contribution is 4.91. The van der Waals surface area contributed by atoms with Crippen molar-refractivity contribution < 1.29 is 9.47 Å². The standard InChI is InChI=1S/C16H34N2O2/c1-7-18(14(2)10-19-6)12-16(8-9-20-13-16)11-17-15(3,4)5/h14,17H,7-13H2,1-6H3. The molecule has 0 bridgehead atoms. The number of nitrogens with zero attached hydrogens (tertiary/aromatic N) is 1. The summed E-state index contributed by atoms with van der Waals surface area (Å²) in [6.07, 6.45) is 1.15. The van der Waals surface area contributed by atoms with Crippen LogP contribution in [0.3, 0.4) is 0 Å². The fourth-order valence-electron chi connectivity index (χ4n) is 2.78. The van der Waals surface area contributed by atoms with Crippen LogP contribution < -0.4 is 5.32 Å². The molecule has 1 N–H and O–H groups in total. The maximum atomic E-state index is 5.71. The third kappa shape index (κ3) is 5.68. The second kappa shape index (κ2) is 7.74. The van der Waals surface area contributed by atoms with Crippen molar-refractivity contribution in [3.8, 4) is 0 Å². The summed E-state index contributed by atoms with van der Waals surface area (Å²) in [5.41, 5.74) is 0.399. The lowest BCUT2D eigenvalue weighted by Gasteiger charge is -2.38. The summed E-state index contributed by atoms with van der Waals surface area (Å²) in [6.45, 7) is 16.9. The van der Waals surface area contributed by atoms with Crippen LogP contribution in [-0.4, -0.2) is 63.0 Å². The van der Waals surface area contributed by atoms with E-state index in [0.717, 1.165) is 45.9 Å². The summed E-state index contributed by atoms with van der Waals surface area (Å²) >= 11 is 0. The van der Waals surface area contributed by atoms with Crippen molar-refractivity contribution in [1.82, 2.24) is 10.2 Å². The molecule has 1 heterocycles. The van der Waals surface area contributed by atoms with Gasteiger partial charge >= 0.3 is 0 Å². The lowest BCUT2D eigenvalue weighted by Crippen LogP contribution is -2.51. The van der Waals surface area contributed by atoms with Crippen molar-refractivity contribution in [2.45, 2.75) is 52.6 Å². The fraction of sp³-hybridized carbons (Fsp3) is 1.00. The Bertz CT molecular complexity index is 270. The number of methoxy groups -OCH3 is 1. The molecule has 0 saturated carbocycles. The van der Waals surface area contributed by atoms with Crippen LogP contribution >= 0.6 is 0 Å². The monoisotopic (exact) mass is 286 g/mol. The molecule has 1 fully saturated rings. The van der Waals surface area contributed by atoms with Gasteiger partial charge in [0.1, 0.15) is 0 Å². The van der Waals surface area contributed by atoms with Crippen LogP contribution in [0.15, 0.2) is 0 Å². The van der Waals surface area contributed by atoms with Gasteiger partial charge in [-0.15, -0.1) is 0 Å². The molecule has 20 heavy (non-hydrogen) atoms. The molecule has 4 nitrogen and oxygen atoms in total. The van der Waals surface area contributed by atoms with Gasteiger partial charge in [-0.05, 0) is 40.7 Å². The Morgan fingerprint density at radius 3 is 2.55 bits per heavy atom. The molecule has 0 radical (unpaired) electrons. The number of hydrogen-bond acceptors (Lipinski definition) is 4. The quantitative estimate of drug-likeness (QED) is 0.741. The van der Waals surface area contributed by atoms with Crippen LogP contribution in [0.25, 0.3) is 0 Å². The maximum Gasteiger partial charge on any atom is 0.0615 e. The van der Waals surface area contributed by atoms with Crippen LogP contribution in [0.4, 0.5) is 0 Å². The summed E-state index contributed by atoms with van der Waals surface area (Å²) in [5.74, 6) is 0. The Hall–Kier alpha value is -0.160. The molecule has 0 amide bonds. The lowest BCUT2D eigenvalue weighted by molar-refractivity contribution is 0.0545. The first kappa shape index (κ1) is 17.9. The minimum absolute atomic E-state index is 0.158. The van der Waals surface area contributed by atoms with E-state index >= 15 is 0 Å². The molecule has 1 aliphatic heterocycles. The van der Waals surface area contributed by atoms with E-state index in [2.05, 4.69) is 44.8 Å². The fourth-order valence-corrected chi connectivity index (χ4v) is 2.78. The van der Waals surface area contributed by atoms with Crippen molar-refractivity contribution in [2.24, 2.45) is 5.41 Å². The summed E-state index contributed by atoms with van der Waals surface area (Å²) in [7, 11) is 1.78. The molecule has 1 aliphatic rings. The van der Waals surface area contributed by atoms with Crippen molar-refractivity contribution in [1.29, 1.82) is 0 Å². The number of ether oxygens (including phenoxy) is 2. The van der Waals surface area contributed by atoms with E-state index in [1.54, 1.807) is 7.11 Å². The zero-order valence-electron chi connectivity index (χ0n) is 14.3. The summed E-state index contributed by atoms with van der Waals surface area (Å²) in [5, 5.41) is 3.67. The topological polar surface area (TPSA) is 33.7 Å². The predicted octanol–water partition coefficient (Wildman–Crippen LogP) is 2.14. The number of rotatable bonds is 8. The first-order chi connectivity index (χ1) is 9.32. The largest absolute Gasteiger partial charge is 0.383 e. The molecule has 4 heteroatoms. The molecule has 0 aliphatic carbocycles. The van der Waals surface area contributed by atoms with E-state index in [4.69, 9.17) is 9.47 Å². The van der Waals surface area contributed by atoms with E-state index < -0.39 is 0 Å². The molecule has 0 aromatic rings. The Balaban J connectivity index is 2.64. The maximum absolute atomic E-state index is 5.71. The SMILES string of the molecule is CCN(CC1(CNC(C)(C)C)CCOC1)C(C)COC. The van der Waals surface area contributed by atoms with E-state index in [-0.39, 0.29) is 11.0 Å². The predicted molar refractivity (Wildman–Crippen MR) is 84.2 cm³/mol. The molecule has 0 aromatic heterocycles. The molecule has 2 unspecified atom stereocenters. The molecule has 0 aromatic carbocycles. The van der Waals surface area contributed by atoms with Gasteiger partial charge in [-0.2, -0.15) is 0 Å². The van der Waals surface area contributed by atoms with Gasteiger partial charge in [0.15, 0.2) is 0 Å². The molecule has 1 rings (SSSR count). The number of nitrogens with one attached hydrogen (secondary N) is 1. The van der Waals surface area contributed by atoms with Gasteiger partial charge in [0.25, 0.3) is 0 Å². The zero-order chi connectivity index (χ0) is 15.2. The lowest BCUT2D eigenvalue weighted by atomic mass is 9.85. The van der Waals surface area contributed by atoms with Gasteiger partial charge in [-0.1, -0.05) is 6.92 Å². The molecule has 0 spiro atoms. The molecule has 1 saturated heterocycles. The van der Waals surface area contributed by atoms with Gasteiger partial charge in [-0.25, -0.2) is 0 Å². The molecule has 120 valence electrons. The highest BCUT2D eigenvalue weighted by Crippen LogP contribution is 2.30. The van der Waals surface area contributed by atoms with Gasteiger partial charge in [0, 0.05) is 43.8 Å². The Morgan fingerprint density at radius 1 is 1.40 bits per heavy atom. The van der Waals surface area contributed by atoms with Crippen LogP contribution in [-0.2, 0) is 9.47 Å². The third-order valence-electron chi connectivity index (χ3n) is 4.15. The summed E-state index contributed by atoms with van der Waals surface area (Å²) in [4.78, 5) is 2.52. The van der Waals surface area contributed by atoms with Gasteiger partial charge in [0.2, 0.25) is 0 Å². The van der Waals surface area contributed by atoms with Crippen molar-refractivity contribution in [3.05, 3.63) is 0 Å². The van der Waals surface area contributed by atoms with E-state index in [1.165, 1.54) is 0 Å². The Morgan fingerprint density at radius 2 is 2.10 bits per heavy atom. The van der Waals surface area contributed by atoms with Crippen molar-refractivity contribution in [2.75, 3.05) is 46.6 Å². The molecular formula is C16H34N2O2. The minimum Gasteiger partial charge on any atom is -0.383 e. The average Bonchev–Trinajstić information content (AvgIpc) is 2.82. The van der Waals surface area contributed by atoms with Crippen LogP contribution in [0.5, 0.6) is 0 Å². The number of hydrogen-bond donors (Lipinski definition) is 1. The first-order valence-electron chi connectivity index (χ1n) is 7.88. The second-order valence-corrected chi connectivity index (χ2v) is 7.27. The van der Waals surface area contributed by atoms with E-state index in [0.29, 0.717) is 6.04 Å². The summed E-state index contributed by atoms with van der Waals surface area (Å²) < 4.78 is 11.0. The van der Waals surface area contributed by atoms with E-state index in [1.807, 2.05) is 0 Å². The summed E-state index contributed by atoms with van der Waals surface area (Å²) in [6, 6.07) is 0.456. The third-order valence-corrected chi connectivity index (χ3v) is 4.15. The van der Waals surface area contributed by atoms with Gasteiger partial charge in [0.05, 0.1) is 13.2 Å². The van der Waals surface area contributed by atoms with Gasteiger partial charge in [-0.3, -0.25) is 4.90 Å². The molecule has 2 atom stereocenters. The smallest absolute Gasteiger partial charge is 0.0615 e. The Kier molecular flexibility index (Phi) is 6.92. The van der Waals surface area contributed by atoms with Crippen molar-refractivity contribution >= 4 is 0 Å². The first-order valence-corrected chi connectivity index (χ1v) is 7.88. The van der Waals surface area contributed by atoms with Crippen LogP contribution in [0, 0.1) is 5.41 Å². The van der Waals surface area contributed by atoms with Gasteiger partial charge < -0.3 is 14.8 Å². The normalized spacial score (nSPS) is 25.4. The Labute approximate surface area is 125 Å². The molecular weight excluding hydrogens is 252 g/mol. The van der Waals surface area contributed by atoms with Crippen molar-refractivity contribution in [3.63, 3.8) is 0 Å². The minimum atomic E-state index is 0.158. The highest BCUT2D eigenvalue weighted by atomic mass is 16.5. The van der Waals surface area contributed by atoms with E-state index in [9.17, 15) is 0 Å². The van der Waals surface area contributed by atoms with Crippen LogP contribution in [0.1, 0.15) is 41.0 Å².